The number of phenolic OH excluding ortho intramolecular Hbond substituents is 1. The molecule has 7 heteroatoms. The van der Waals surface area contributed by atoms with E-state index in [9.17, 15) is 15.2 Å². The van der Waals surface area contributed by atoms with E-state index in [-0.39, 0.29) is 23.5 Å². The first-order valence-corrected chi connectivity index (χ1v) is 5.70. The number of nitro benzene ring substituents is 1. The first kappa shape index (κ1) is 15.2. The molecule has 0 amide bonds. The lowest BCUT2D eigenvalue weighted by Crippen LogP contribution is -2.12. The van der Waals surface area contributed by atoms with E-state index in [0.29, 0.717) is 12.3 Å². The van der Waals surface area contributed by atoms with Crippen LogP contribution in [-0.2, 0) is 0 Å². The first-order chi connectivity index (χ1) is 8.52. The Kier molecular flexibility index (Phi) is 4.70. The van der Waals surface area contributed by atoms with Crippen LogP contribution < -0.4 is 5.73 Å². The van der Waals surface area contributed by atoms with Crippen LogP contribution >= 0.6 is 12.4 Å². The zero-order valence-electron chi connectivity index (χ0n) is 10.1. The molecule has 1 saturated carbocycles. The molecule has 0 spiro atoms. The summed E-state index contributed by atoms with van der Waals surface area (Å²) in [6.07, 6.45) is 2.89. The number of aromatic hydroxyl groups is 1. The van der Waals surface area contributed by atoms with Gasteiger partial charge in [0.25, 0.3) is 0 Å². The third-order valence-electron chi connectivity index (χ3n) is 3.13. The van der Waals surface area contributed by atoms with Crippen LogP contribution in [0.2, 0.25) is 0 Å². The van der Waals surface area contributed by atoms with Crippen LogP contribution in [-0.4, -0.2) is 10.0 Å². The number of phenols is 1. The number of nitro groups is 1. The van der Waals surface area contributed by atoms with Crippen molar-refractivity contribution in [3.63, 3.8) is 0 Å². The molecule has 0 aliphatic heterocycles. The zero-order chi connectivity index (χ0) is 13.3. The van der Waals surface area contributed by atoms with Gasteiger partial charge >= 0.3 is 5.69 Å². The SMILES string of the molecule is Cl.N#Cc1cc([C@@H](N)CC2CC2)c(O)c([N+](=O)[O-])c1. The first-order valence-electron chi connectivity index (χ1n) is 5.70. The Morgan fingerprint density at radius 1 is 1.58 bits per heavy atom. The Morgan fingerprint density at radius 2 is 2.21 bits per heavy atom. The van der Waals surface area contributed by atoms with Crippen LogP contribution in [0.25, 0.3) is 0 Å². The second-order valence-corrected chi connectivity index (χ2v) is 4.59. The van der Waals surface area contributed by atoms with E-state index in [1.807, 2.05) is 6.07 Å². The molecule has 1 aromatic rings. The fourth-order valence-electron chi connectivity index (χ4n) is 1.97. The van der Waals surface area contributed by atoms with E-state index in [2.05, 4.69) is 0 Å². The van der Waals surface area contributed by atoms with E-state index >= 15 is 0 Å². The summed E-state index contributed by atoms with van der Waals surface area (Å²) in [6.45, 7) is 0. The average Bonchev–Trinajstić information content (AvgIpc) is 3.12. The largest absolute Gasteiger partial charge is 0.502 e. The molecule has 0 unspecified atom stereocenters. The van der Waals surface area contributed by atoms with Crippen LogP contribution in [0, 0.1) is 27.4 Å². The van der Waals surface area contributed by atoms with Gasteiger partial charge in [0.05, 0.1) is 16.6 Å². The van der Waals surface area contributed by atoms with Gasteiger partial charge in [-0.15, -0.1) is 12.4 Å². The Labute approximate surface area is 116 Å². The van der Waals surface area contributed by atoms with Crippen LogP contribution in [0.1, 0.15) is 36.4 Å². The molecule has 0 aromatic heterocycles. The highest BCUT2D eigenvalue weighted by Gasteiger charge is 2.28. The van der Waals surface area contributed by atoms with Crippen molar-refractivity contribution >= 4 is 18.1 Å². The quantitative estimate of drug-likeness (QED) is 0.650. The summed E-state index contributed by atoms with van der Waals surface area (Å²) in [7, 11) is 0. The van der Waals surface area contributed by atoms with Crippen LogP contribution in [0.5, 0.6) is 5.75 Å². The van der Waals surface area contributed by atoms with Gasteiger partial charge in [-0.25, -0.2) is 0 Å². The minimum atomic E-state index is -0.705. The predicted octanol–water partition coefficient (Wildman–Crippen LogP) is 2.39. The van der Waals surface area contributed by atoms with Crippen molar-refractivity contribution in [1.29, 1.82) is 5.26 Å². The van der Waals surface area contributed by atoms with E-state index in [4.69, 9.17) is 11.0 Å². The highest BCUT2D eigenvalue weighted by Crippen LogP contribution is 2.41. The summed E-state index contributed by atoms with van der Waals surface area (Å²) in [6, 6.07) is 3.86. The van der Waals surface area contributed by atoms with Gasteiger partial charge in [0, 0.05) is 17.7 Å². The molecule has 19 heavy (non-hydrogen) atoms. The van der Waals surface area contributed by atoms with Crippen LogP contribution in [0.15, 0.2) is 12.1 Å². The smallest absolute Gasteiger partial charge is 0.312 e. The fraction of sp³-hybridized carbons (Fsp3) is 0.417. The van der Waals surface area contributed by atoms with Gasteiger partial charge in [0.15, 0.2) is 5.75 Å². The number of halogens is 1. The molecule has 2 rings (SSSR count). The van der Waals surface area contributed by atoms with Crippen molar-refractivity contribution in [1.82, 2.24) is 0 Å². The zero-order valence-corrected chi connectivity index (χ0v) is 10.9. The number of benzene rings is 1. The molecule has 1 aliphatic carbocycles. The normalized spacial score (nSPS) is 15.2. The predicted molar refractivity (Wildman–Crippen MR) is 71.0 cm³/mol. The number of nitrogens with two attached hydrogens (primary N) is 1. The van der Waals surface area contributed by atoms with E-state index in [1.165, 1.54) is 6.07 Å². The number of hydrogen-bond donors (Lipinski definition) is 2. The van der Waals surface area contributed by atoms with Crippen LogP contribution in [0.4, 0.5) is 5.69 Å². The molecule has 3 N–H and O–H groups in total. The van der Waals surface area contributed by atoms with Gasteiger partial charge in [0.1, 0.15) is 0 Å². The van der Waals surface area contributed by atoms with Crippen molar-refractivity contribution in [3.8, 4) is 11.8 Å². The minimum absolute atomic E-state index is 0. The van der Waals surface area contributed by atoms with Gasteiger partial charge in [0.2, 0.25) is 0 Å². The molecule has 0 heterocycles. The van der Waals surface area contributed by atoms with Gasteiger partial charge in [-0.2, -0.15) is 5.26 Å². The minimum Gasteiger partial charge on any atom is -0.502 e. The maximum Gasteiger partial charge on any atom is 0.312 e. The van der Waals surface area contributed by atoms with Crippen molar-refractivity contribution in [3.05, 3.63) is 33.4 Å². The van der Waals surface area contributed by atoms with Crippen molar-refractivity contribution in [2.45, 2.75) is 25.3 Å². The highest BCUT2D eigenvalue weighted by molar-refractivity contribution is 5.85. The molecule has 0 saturated heterocycles. The lowest BCUT2D eigenvalue weighted by molar-refractivity contribution is -0.386. The van der Waals surface area contributed by atoms with Crippen molar-refractivity contribution < 1.29 is 10.0 Å². The van der Waals surface area contributed by atoms with Gasteiger partial charge < -0.3 is 10.8 Å². The van der Waals surface area contributed by atoms with Crippen molar-refractivity contribution in [2.75, 3.05) is 0 Å². The molecule has 0 radical (unpaired) electrons. The maximum absolute atomic E-state index is 10.8. The maximum atomic E-state index is 10.8. The molecule has 1 fully saturated rings. The fourth-order valence-corrected chi connectivity index (χ4v) is 1.97. The van der Waals surface area contributed by atoms with E-state index < -0.39 is 22.4 Å². The number of rotatable bonds is 4. The summed E-state index contributed by atoms with van der Waals surface area (Å²) in [5.74, 6) is 0.108. The van der Waals surface area contributed by atoms with Gasteiger partial charge in [-0.3, -0.25) is 10.1 Å². The van der Waals surface area contributed by atoms with E-state index in [0.717, 1.165) is 18.9 Å². The average molecular weight is 284 g/mol. The summed E-state index contributed by atoms with van der Waals surface area (Å²) >= 11 is 0. The summed E-state index contributed by atoms with van der Waals surface area (Å²) < 4.78 is 0. The lowest BCUT2D eigenvalue weighted by atomic mass is 9.98. The van der Waals surface area contributed by atoms with Crippen LogP contribution in [0.3, 0.4) is 0 Å². The van der Waals surface area contributed by atoms with Crippen molar-refractivity contribution in [2.24, 2.45) is 11.7 Å². The molecule has 0 bridgehead atoms. The van der Waals surface area contributed by atoms with Gasteiger partial charge in [-0.05, 0) is 18.4 Å². The molecule has 102 valence electrons. The molecular weight excluding hydrogens is 270 g/mol. The highest BCUT2D eigenvalue weighted by atomic mass is 35.5. The molecule has 6 nitrogen and oxygen atoms in total. The van der Waals surface area contributed by atoms with E-state index in [1.54, 1.807) is 0 Å². The molecule has 1 atom stereocenters. The van der Waals surface area contributed by atoms with Gasteiger partial charge in [-0.1, -0.05) is 12.8 Å². The molecular formula is C12H14ClN3O3. The lowest BCUT2D eigenvalue weighted by Gasteiger charge is -2.13. The third kappa shape index (κ3) is 3.34. The standard InChI is InChI=1S/C12H13N3O3.ClH/c13-6-8-3-9(10(14)4-7-1-2-7)12(16)11(5-8)15(17)18;/h3,5,7,10,16H,1-2,4,14H2;1H/t10-;/m0./s1. The number of nitrogens with zero attached hydrogens (tertiary/aromatic N) is 2. The number of hydrogen-bond acceptors (Lipinski definition) is 5. The third-order valence-corrected chi connectivity index (χ3v) is 3.13. The Balaban J connectivity index is 0.00000180. The second kappa shape index (κ2) is 5.87. The Hall–Kier alpha value is -1.84. The molecule has 1 aromatic carbocycles. The topological polar surface area (TPSA) is 113 Å². The summed E-state index contributed by atoms with van der Waals surface area (Å²) in [5.41, 5.74) is 5.90. The number of nitriles is 1. The Bertz CT molecular complexity index is 538. The summed E-state index contributed by atoms with van der Waals surface area (Å²) in [5, 5.41) is 29.5. The second-order valence-electron chi connectivity index (χ2n) is 4.59. The Morgan fingerprint density at radius 3 is 2.68 bits per heavy atom. The monoisotopic (exact) mass is 283 g/mol. The summed E-state index contributed by atoms with van der Waals surface area (Å²) in [4.78, 5) is 10.1. The molecule has 1 aliphatic rings.